The zero-order valence-electron chi connectivity index (χ0n) is 15.5. The van der Waals surface area contributed by atoms with Gasteiger partial charge in [0.25, 0.3) is 5.91 Å². The van der Waals surface area contributed by atoms with E-state index in [0.717, 1.165) is 21.7 Å². The highest BCUT2D eigenvalue weighted by Gasteiger charge is 2.22. The Bertz CT molecular complexity index is 899. The molecule has 0 saturated carbocycles. The molecule has 142 valence electrons. The number of hydrogen-bond donors (Lipinski definition) is 2. The number of rotatable bonds is 7. The van der Waals surface area contributed by atoms with Gasteiger partial charge >= 0.3 is 0 Å². The molecule has 0 spiro atoms. The molecule has 2 N–H and O–H groups in total. The van der Waals surface area contributed by atoms with Crippen LogP contribution in [0.2, 0.25) is 0 Å². The van der Waals surface area contributed by atoms with Gasteiger partial charge in [-0.05, 0) is 29.5 Å². The zero-order chi connectivity index (χ0) is 19.8. The molecule has 3 aromatic rings. The third-order valence-electron chi connectivity index (χ3n) is 4.18. The minimum atomic E-state index is -0.480. The Morgan fingerprint density at radius 1 is 0.929 bits per heavy atom. The van der Waals surface area contributed by atoms with Gasteiger partial charge in [0.1, 0.15) is 0 Å². The first-order chi connectivity index (χ1) is 13.6. The van der Waals surface area contributed by atoms with E-state index in [1.807, 2.05) is 85.1 Å². The van der Waals surface area contributed by atoms with E-state index in [0.29, 0.717) is 0 Å². The Morgan fingerprint density at radius 3 is 2.07 bits per heavy atom. The number of thiophene rings is 1. The van der Waals surface area contributed by atoms with E-state index in [9.17, 15) is 9.59 Å². The fourth-order valence-electron chi connectivity index (χ4n) is 2.78. The smallest absolute Gasteiger partial charge is 0.259 e. The molecule has 0 atom stereocenters. The highest BCUT2D eigenvalue weighted by Crippen LogP contribution is 2.24. The van der Waals surface area contributed by atoms with Crippen LogP contribution in [-0.4, -0.2) is 24.1 Å². The monoisotopic (exact) mass is 391 g/mol. The summed E-state index contributed by atoms with van der Waals surface area (Å²) in [6.45, 7) is 1.68. The Balaban J connectivity index is 1.64. The van der Waals surface area contributed by atoms with Crippen LogP contribution in [-0.2, 0) is 9.59 Å². The van der Waals surface area contributed by atoms with Crippen molar-refractivity contribution in [1.29, 1.82) is 0 Å². The van der Waals surface area contributed by atoms with Crippen molar-refractivity contribution in [3.8, 4) is 0 Å². The number of hydrazone groups is 1. The van der Waals surface area contributed by atoms with E-state index >= 15 is 0 Å². The van der Waals surface area contributed by atoms with E-state index in [-0.39, 0.29) is 18.4 Å². The fraction of sp³-hybridized carbons (Fsp3) is 0.136. The molecule has 6 heteroatoms. The van der Waals surface area contributed by atoms with E-state index in [1.165, 1.54) is 0 Å². The summed E-state index contributed by atoms with van der Waals surface area (Å²) in [5, 5.41) is 8.75. The number of nitrogens with zero attached hydrogens (tertiary/aromatic N) is 1. The predicted molar refractivity (Wildman–Crippen MR) is 112 cm³/mol. The number of hydrogen-bond acceptors (Lipinski definition) is 4. The molecule has 0 bridgehead atoms. The Morgan fingerprint density at radius 2 is 1.54 bits per heavy atom. The molecule has 0 fully saturated rings. The molecule has 1 heterocycles. The second kappa shape index (κ2) is 9.62. The molecule has 1 aromatic heterocycles. The summed E-state index contributed by atoms with van der Waals surface area (Å²) in [7, 11) is 0. The van der Waals surface area contributed by atoms with Crippen molar-refractivity contribution in [2.45, 2.75) is 12.8 Å². The van der Waals surface area contributed by atoms with Crippen molar-refractivity contribution >= 4 is 28.9 Å². The molecule has 28 heavy (non-hydrogen) atoms. The molecule has 3 rings (SSSR count). The molecule has 0 saturated heterocycles. The third kappa shape index (κ3) is 5.14. The minimum Gasteiger partial charge on any atom is -0.346 e. The van der Waals surface area contributed by atoms with Crippen molar-refractivity contribution in [3.63, 3.8) is 0 Å². The highest BCUT2D eigenvalue weighted by atomic mass is 32.1. The standard InChI is InChI=1S/C22H21N3O2S/c1-16(19-13-8-14-28-19)24-25-20(26)15-23-22(27)21(17-9-4-2-5-10-17)18-11-6-3-7-12-18/h2-14,21H,15H2,1H3,(H,23,27)(H,25,26)/b24-16+. The van der Waals surface area contributed by atoms with Crippen molar-refractivity contribution in [2.24, 2.45) is 5.10 Å². The maximum Gasteiger partial charge on any atom is 0.259 e. The van der Waals surface area contributed by atoms with Gasteiger partial charge in [0.05, 0.1) is 18.2 Å². The van der Waals surface area contributed by atoms with Gasteiger partial charge in [-0.1, -0.05) is 66.7 Å². The van der Waals surface area contributed by atoms with Crippen LogP contribution < -0.4 is 10.7 Å². The normalized spacial score (nSPS) is 11.3. The molecule has 0 aliphatic carbocycles. The lowest BCUT2D eigenvalue weighted by Gasteiger charge is -2.17. The van der Waals surface area contributed by atoms with Gasteiger partial charge in [-0.15, -0.1) is 11.3 Å². The van der Waals surface area contributed by atoms with Crippen LogP contribution in [0, 0.1) is 0 Å². The van der Waals surface area contributed by atoms with E-state index in [2.05, 4.69) is 15.8 Å². The van der Waals surface area contributed by atoms with Gasteiger partial charge in [0.15, 0.2) is 0 Å². The molecule has 2 aromatic carbocycles. The number of nitrogens with one attached hydrogen (secondary N) is 2. The highest BCUT2D eigenvalue weighted by molar-refractivity contribution is 7.12. The summed E-state index contributed by atoms with van der Waals surface area (Å²) in [4.78, 5) is 25.9. The summed E-state index contributed by atoms with van der Waals surface area (Å²) in [6, 6.07) is 22.9. The van der Waals surface area contributed by atoms with Crippen LogP contribution in [0.1, 0.15) is 28.8 Å². The molecule has 0 aliphatic heterocycles. The summed E-state index contributed by atoms with van der Waals surface area (Å²) >= 11 is 1.55. The van der Waals surface area contributed by atoms with Gasteiger partial charge in [0, 0.05) is 4.88 Å². The van der Waals surface area contributed by atoms with Crippen LogP contribution in [0.4, 0.5) is 0 Å². The van der Waals surface area contributed by atoms with Crippen molar-refractivity contribution in [3.05, 3.63) is 94.2 Å². The van der Waals surface area contributed by atoms with Crippen molar-refractivity contribution < 1.29 is 9.59 Å². The molecule has 0 aliphatic rings. The van der Waals surface area contributed by atoms with Gasteiger partial charge < -0.3 is 5.32 Å². The van der Waals surface area contributed by atoms with Crippen molar-refractivity contribution in [1.82, 2.24) is 10.7 Å². The Labute approximate surface area is 168 Å². The SMILES string of the molecule is C/C(=N\NC(=O)CNC(=O)C(c1ccccc1)c1ccccc1)c1cccs1. The average molecular weight is 391 g/mol. The van der Waals surface area contributed by atoms with Crippen LogP contribution in [0.5, 0.6) is 0 Å². The van der Waals surface area contributed by atoms with E-state index < -0.39 is 5.92 Å². The summed E-state index contributed by atoms with van der Waals surface area (Å²) in [5.74, 6) is -1.08. The Hall–Kier alpha value is -3.25. The third-order valence-corrected chi connectivity index (χ3v) is 5.16. The fourth-order valence-corrected chi connectivity index (χ4v) is 3.46. The largest absolute Gasteiger partial charge is 0.346 e. The molecule has 2 amide bonds. The summed E-state index contributed by atoms with van der Waals surface area (Å²) in [6.07, 6.45) is 0. The molecular formula is C22H21N3O2S. The first-order valence-corrected chi connectivity index (χ1v) is 9.77. The van der Waals surface area contributed by atoms with Gasteiger partial charge in [-0.25, -0.2) is 5.43 Å². The summed E-state index contributed by atoms with van der Waals surface area (Å²) in [5.41, 5.74) is 4.96. The summed E-state index contributed by atoms with van der Waals surface area (Å²) < 4.78 is 0. The minimum absolute atomic E-state index is 0.143. The quantitative estimate of drug-likeness (QED) is 0.478. The lowest BCUT2D eigenvalue weighted by molar-refractivity contribution is -0.126. The molecule has 5 nitrogen and oxygen atoms in total. The van der Waals surface area contributed by atoms with E-state index in [4.69, 9.17) is 0 Å². The van der Waals surface area contributed by atoms with Crippen LogP contribution >= 0.6 is 11.3 Å². The second-order valence-electron chi connectivity index (χ2n) is 6.18. The number of carbonyl (C=O) groups excluding carboxylic acids is 2. The molecular weight excluding hydrogens is 370 g/mol. The second-order valence-corrected chi connectivity index (χ2v) is 7.13. The number of amides is 2. The van der Waals surface area contributed by atoms with Crippen LogP contribution in [0.3, 0.4) is 0 Å². The van der Waals surface area contributed by atoms with Gasteiger partial charge in [0.2, 0.25) is 5.91 Å². The van der Waals surface area contributed by atoms with Crippen LogP contribution in [0.25, 0.3) is 0 Å². The number of carbonyl (C=O) groups is 2. The van der Waals surface area contributed by atoms with Gasteiger partial charge in [-0.2, -0.15) is 5.10 Å². The molecule has 0 unspecified atom stereocenters. The van der Waals surface area contributed by atoms with E-state index in [1.54, 1.807) is 11.3 Å². The molecule has 0 radical (unpaired) electrons. The lowest BCUT2D eigenvalue weighted by atomic mass is 9.90. The maximum atomic E-state index is 12.8. The topological polar surface area (TPSA) is 70.6 Å². The number of benzene rings is 2. The first-order valence-electron chi connectivity index (χ1n) is 8.90. The van der Waals surface area contributed by atoms with Crippen molar-refractivity contribution in [2.75, 3.05) is 6.54 Å². The van der Waals surface area contributed by atoms with Crippen LogP contribution in [0.15, 0.2) is 83.3 Å². The Kier molecular flexibility index (Phi) is 6.70. The zero-order valence-corrected chi connectivity index (χ0v) is 16.3. The average Bonchev–Trinajstić information content (AvgIpc) is 3.27. The van der Waals surface area contributed by atoms with Gasteiger partial charge in [-0.3, -0.25) is 9.59 Å². The first kappa shape index (κ1) is 19.5. The lowest BCUT2D eigenvalue weighted by Crippen LogP contribution is -2.38. The maximum absolute atomic E-state index is 12.8. The predicted octanol–water partition coefficient (Wildman–Crippen LogP) is 3.54.